The molecule has 104 valence electrons. The van der Waals surface area contributed by atoms with Gasteiger partial charge in [0.05, 0.1) is 18.2 Å². The van der Waals surface area contributed by atoms with Crippen molar-refractivity contribution in [2.75, 3.05) is 13.2 Å². The van der Waals surface area contributed by atoms with E-state index in [9.17, 15) is 0 Å². The summed E-state index contributed by atoms with van der Waals surface area (Å²) in [6.45, 7) is 6.81. The molecule has 0 aliphatic heterocycles. The molecular formula is C12H18BrCl2NO2. The molecule has 0 aliphatic carbocycles. The monoisotopic (exact) mass is 357 g/mol. The summed E-state index contributed by atoms with van der Waals surface area (Å²) in [6, 6.07) is 1.68. The van der Waals surface area contributed by atoms with Gasteiger partial charge in [-0.05, 0) is 48.3 Å². The molecule has 1 rings (SSSR count). The van der Waals surface area contributed by atoms with E-state index < -0.39 is 0 Å². The fraction of sp³-hybridized carbons (Fsp3) is 0.500. The number of hydrogen-bond donors (Lipinski definition) is 1. The van der Waals surface area contributed by atoms with Crippen LogP contribution in [0.1, 0.15) is 32.4 Å². The zero-order valence-corrected chi connectivity index (χ0v) is 13.8. The quantitative estimate of drug-likeness (QED) is 0.851. The van der Waals surface area contributed by atoms with Gasteiger partial charge in [-0.1, -0.05) is 11.6 Å². The molecule has 0 aromatic heterocycles. The molecule has 0 radical (unpaired) electrons. The normalized spacial score (nSPS) is 11.7. The van der Waals surface area contributed by atoms with Crippen molar-refractivity contribution in [3.05, 3.63) is 21.1 Å². The zero-order chi connectivity index (χ0) is 13.0. The lowest BCUT2D eigenvalue weighted by Gasteiger charge is -2.17. The third-order valence-corrected chi connectivity index (χ3v) is 3.37. The van der Waals surface area contributed by atoms with E-state index >= 15 is 0 Å². The van der Waals surface area contributed by atoms with Gasteiger partial charge >= 0.3 is 0 Å². The molecule has 1 atom stereocenters. The Balaban J connectivity index is 0.00000289. The zero-order valence-electron chi connectivity index (χ0n) is 10.6. The first-order chi connectivity index (χ1) is 8.02. The maximum Gasteiger partial charge on any atom is 0.156 e. The molecule has 0 unspecified atom stereocenters. The molecule has 0 fully saturated rings. The number of benzene rings is 1. The van der Waals surface area contributed by atoms with Gasteiger partial charge in [-0.3, -0.25) is 0 Å². The Kier molecular flexibility index (Phi) is 8.03. The van der Waals surface area contributed by atoms with Crippen molar-refractivity contribution in [2.45, 2.75) is 26.8 Å². The first-order valence-corrected chi connectivity index (χ1v) is 6.73. The molecule has 18 heavy (non-hydrogen) atoms. The molecule has 0 amide bonds. The highest BCUT2D eigenvalue weighted by atomic mass is 79.9. The van der Waals surface area contributed by atoms with Crippen LogP contribution in [0, 0.1) is 0 Å². The molecule has 0 saturated heterocycles. The van der Waals surface area contributed by atoms with Crippen LogP contribution in [-0.4, -0.2) is 13.2 Å². The summed E-state index contributed by atoms with van der Waals surface area (Å²) in [4.78, 5) is 0. The van der Waals surface area contributed by atoms with Gasteiger partial charge in [-0.25, -0.2) is 0 Å². The fourth-order valence-corrected chi connectivity index (χ4v) is 2.50. The van der Waals surface area contributed by atoms with E-state index in [4.69, 9.17) is 26.8 Å². The Morgan fingerprint density at radius 2 is 1.89 bits per heavy atom. The van der Waals surface area contributed by atoms with Crippen molar-refractivity contribution in [2.24, 2.45) is 5.73 Å². The van der Waals surface area contributed by atoms with Crippen LogP contribution in [0.15, 0.2) is 10.5 Å². The molecule has 1 aromatic carbocycles. The van der Waals surface area contributed by atoms with Crippen LogP contribution in [-0.2, 0) is 0 Å². The first kappa shape index (κ1) is 17.8. The summed E-state index contributed by atoms with van der Waals surface area (Å²) < 4.78 is 11.8. The molecule has 0 bridgehead atoms. The Morgan fingerprint density at radius 1 is 1.33 bits per heavy atom. The third kappa shape index (κ3) is 3.92. The standard InChI is InChI=1S/C12H17BrClNO2.ClH/c1-4-16-9-6-8(7(3)15)11(14)12(10(9)13)17-5-2;/h6-7H,4-5,15H2,1-3H3;1H/t7-;/m1./s1. The maximum absolute atomic E-state index is 6.27. The van der Waals surface area contributed by atoms with Crippen LogP contribution in [0.3, 0.4) is 0 Å². The SMILES string of the molecule is CCOc1cc([C@@H](C)N)c(Cl)c(OCC)c1Br.Cl. The maximum atomic E-state index is 6.27. The van der Waals surface area contributed by atoms with E-state index in [0.29, 0.717) is 29.7 Å². The minimum absolute atomic E-state index is 0. The molecule has 0 heterocycles. The van der Waals surface area contributed by atoms with Gasteiger partial charge in [0, 0.05) is 6.04 Å². The lowest BCUT2D eigenvalue weighted by atomic mass is 10.1. The molecule has 2 N–H and O–H groups in total. The van der Waals surface area contributed by atoms with Crippen molar-refractivity contribution in [1.82, 2.24) is 0 Å². The van der Waals surface area contributed by atoms with Crippen molar-refractivity contribution >= 4 is 39.9 Å². The summed E-state index contributed by atoms with van der Waals surface area (Å²) in [5, 5.41) is 0.539. The van der Waals surface area contributed by atoms with Crippen LogP contribution in [0.4, 0.5) is 0 Å². The number of rotatable bonds is 5. The smallest absolute Gasteiger partial charge is 0.156 e. The molecular weight excluding hydrogens is 341 g/mol. The fourth-order valence-electron chi connectivity index (χ4n) is 1.47. The average Bonchev–Trinajstić information content (AvgIpc) is 2.27. The van der Waals surface area contributed by atoms with Gasteiger partial charge in [0.15, 0.2) is 5.75 Å². The molecule has 0 spiro atoms. The summed E-state index contributed by atoms with van der Waals surface area (Å²) in [6.07, 6.45) is 0. The Hall–Kier alpha value is -0.160. The van der Waals surface area contributed by atoms with Crippen LogP contribution in [0.5, 0.6) is 11.5 Å². The van der Waals surface area contributed by atoms with Gasteiger partial charge in [0.25, 0.3) is 0 Å². The average molecular weight is 359 g/mol. The number of ether oxygens (including phenoxy) is 2. The summed E-state index contributed by atoms with van der Waals surface area (Å²) in [5.74, 6) is 1.29. The van der Waals surface area contributed by atoms with Gasteiger partial charge in [-0.15, -0.1) is 12.4 Å². The van der Waals surface area contributed by atoms with Gasteiger partial charge in [-0.2, -0.15) is 0 Å². The van der Waals surface area contributed by atoms with Gasteiger partial charge < -0.3 is 15.2 Å². The topological polar surface area (TPSA) is 44.5 Å². The Morgan fingerprint density at radius 3 is 2.33 bits per heavy atom. The lowest BCUT2D eigenvalue weighted by Crippen LogP contribution is -2.08. The van der Waals surface area contributed by atoms with Gasteiger partial charge in [0.2, 0.25) is 0 Å². The molecule has 6 heteroatoms. The number of halogens is 3. The number of nitrogens with two attached hydrogens (primary N) is 1. The van der Waals surface area contributed by atoms with E-state index in [0.717, 1.165) is 10.0 Å². The highest BCUT2D eigenvalue weighted by molar-refractivity contribution is 9.10. The van der Waals surface area contributed by atoms with Crippen LogP contribution >= 0.6 is 39.9 Å². The van der Waals surface area contributed by atoms with E-state index in [1.165, 1.54) is 0 Å². The lowest BCUT2D eigenvalue weighted by molar-refractivity contribution is 0.318. The van der Waals surface area contributed by atoms with E-state index in [1.54, 1.807) is 0 Å². The highest BCUT2D eigenvalue weighted by Gasteiger charge is 2.19. The molecule has 3 nitrogen and oxygen atoms in total. The van der Waals surface area contributed by atoms with Crippen LogP contribution in [0.2, 0.25) is 5.02 Å². The van der Waals surface area contributed by atoms with E-state index in [1.807, 2.05) is 26.8 Å². The Labute approximate surface area is 128 Å². The number of hydrogen-bond acceptors (Lipinski definition) is 3. The Bertz CT molecular complexity index is 400. The molecule has 0 saturated carbocycles. The summed E-state index contributed by atoms with van der Waals surface area (Å²) >= 11 is 9.71. The van der Waals surface area contributed by atoms with E-state index in [-0.39, 0.29) is 18.4 Å². The summed E-state index contributed by atoms with van der Waals surface area (Å²) in [5.41, 5.74) is 6.70. The van der Waals surface area contributed by atoms with Crippen LogP contribution < -0.4 is 15.2 Å². The van der Waals surface area contributed by atoms with Crippen molar-refractivity contribution < 1.29 is 9.47 Å². The molecule has 1 aromatic rings. The predicted octanol–water partition coefficient (Wildman–Crippen LogP) is 4.34. The largest absolute Gasteiger partial charge is 0.493 e. The van der Waals surface area contributed by atoms with Gasteiger partial charge in [0.1, 0.15) is 10.2 Å². The first-order valence-electron chi connectivity index (χ1n) is 5.55. The van der Waals surface area contributed by atoms with Crippen molar-refractivity contribution in [3.63, 3.8) is 0 Å². The predicted molar refractivity (Wildman–Crippen MR) is 81.3 cm³/mol. The second kappa shape index (κ2) is 8.10. The third-order valence-electron chi connectivity index (χ3n) is 2.23. The summed E-state index contributed by atoms with van der Waals surface area (Å²) in [7, 11) is 0. The minimum atomic E-state index is -0.172. The van der Waals surface area contributed by atoms with Crippen molar-refractivity contribution in [3.8, 4) is 11.5 Å². The second-order valence-corrected chi connectivity index (χ2v) is 4.75. The second-order valence-electron chi connectivity index (χ2n) is 3.58. The molecule has 0 aliphatic rings. The van der Waals surface area contributed by atoms with Crippen LogP contribution in [0.25, 0.3) is 0 Å². The minimum Gasteiger partial charge on any atom is -0.493 e. The van der Waals surface area contributed by atoms with E-state index in [2.05, 4.69) is 15.9 Å². The van der Waals surface area contributed by atoms with Crippen molar-refractivity contribution in [1.29, 1.82) is 0 Å². The highest BCUT2D eigenvalue weighted by Crippen LogP contribution is 2.44.